The van der Waals surface area contributed by atoms with Crippen molar-refractivity contribution in [1.29, 1.82) is 0 Å². The van der Waals surface area contributed by atoms with Crippen molar-refractivity contribution in [2.24, 2.45) is 0 Å². The minimum Gasteiger partial charge on any atom is -0.478 e. The van der Waals surface area contributed by atoms with Crippen molar-refractivity contribution >= 4 is 23.0 Å². The van der Waals surface area contributed by atoms with Crippen molar-refractivity contribution in [1.82, 2.24) is 0 Å². The van der Waals surface area contributed by atoms with E-state index < -0.39 is 5.97 Å². The van der Waals surface area contributed by atoms with E-state index in [1.807, 2.05) is 42.5 Å². The first kappa shape index (κ1) is 22.8. The average molecular weight is 482 g/mol. The predicted molar refractivity (Wildman–Crippen MR) is 151 cm³/mol. The minimum absolute atomic E-state index is 0.260. The first-order valence-electron chi connectivity index (χ1n) is 12.5. The monoisotopic (exact) mass is 481 g/mol. The van der Waals surface area contributed by atoms with Crippen LogP contribution in [0.15, 0.2) is 121 Å². The van der Waals surface area contributed by atoms with Crippen molar-refractivity contribution in [3.05, 3.63) is 138 Å². The number of para-hydroxylation sites is 2. The highest BCUT2D eigenvalue weighted by molar-refractivity contribution is 6.01. The second-order valence-electron chi connectivity index (χ2n) is 9.91. The fraction of sp³-hybridized carbons (Fsp3) is 0.0882. The molecule has 3 nitrogen and oxygen atoms in total. The quantitative estimate of drug-likeness (QED) is 0.273. The molecular weight excluding hydrogens is 454 g/mol. The zero-order valence-electron chi connectivity index (χ0n) is 20.8. The molecule has 0 radical (unpaired) electrons. The lowest BCUT2D eigenvalue weighted by Gasteiger charge is -2.34. The molecule has 0 unspecified atom stereocenters. The summed E-state index contributed by atoms with van der Waals surface area (Å²) in [4.78, 5) is 14.6. The Hall–Kier alpha value is -4.63. The average Bonchev–Trinajstić information content (AvgIpc) is 3.17. The van der Waals surface area contributed by atoms with Gasteiger partial charge in [0, 0.05) is 11.0 Å². The van der Waals surface area contributed by atoms with E-state index in [0.29, 0.717) is 5.69 Å². The highest BCUT2D eigenvalue weighted by Crippen LogP contribution is 2.55. The highest BCUT2D eigenvalue weighted by atomic mass is 16.4. The molecule has 0 bridgehead atoms. The van der Waals surface area contributed by atoms with Crippen LogP contribution in [0.4, 0.5) is 17.1 Å². The van der Waals surface area contributed by atoms with Crippen LogP contribution in [-0.4, -0.2) is 11.1 Å². The zero-order valence-corrected chi connectivity index (χ0v) is 20.8. The predicted octanol–water partition coefficient (Wildman–Crippen LogP) is 8.83. The SMILES string of the molecule is CC1(C)c2ccccc2-c2cccc(N(c3ccccc3C(=O)O)c3ccccc3-c3ccccc3)c21. The maximum absolute atomic E-state index is 12.5. The van der Waals surface area contributed by atoms with Gasteiger partial charge in [0.25, 0.3) is 0 Å². The maximum Gasteiger partial charge on any atom is 0.337 e. The number of anilines is 3. The molecule has 0 heterocycles. The molecule has 1 aliphatic rings. The lowest BCUT2D eigenvalue weighted by molar-refractivity contribution is 0.0698. The fourth-order valence-electron chi connectivity index (χ4n) is 5.77. The molecule has 180 valence electrons. The van der Waals surface area contributed by atoms with Crippen LogP contribution in [-0.2, 0) is 5.41 Å². The molecule has 1 aliphatic carbocycles. The van der Waals surface area contributed by atoms with Crippen LogP contribution in [0.25, 0.3) is 22.3 Å². The van der Waals surface area contributed by atoms with Gasteiger partial charge in [-0.3, -0.25) is 0 Å². The van der Waals surface area contributed by atoms with Crippen molar-refractivity contribution in [3.63, 3.8) is 0 Å². The number of hydrogen-bond acceptors (Lipinski definition) is 2. The number of nitrogens with zero attached hydrogens (tertiary/aromatic N) is 1. The molecule has 3 heteroatoms. The summed E-state index contributed by atoms with van der Waals surface area (Å²) < 4.78 is 0. The summed E-state index contributed by atoms with van der Waals surface area (Å²) in [7, 11) is 0. The number of carboxylic acids is 1. The number of benzene rings is 5. The Bertz CT molecular complexity index is 1640. The summed E-state index contributed by atoms with van der Waals surface area (Å²) in [5.41, 5.74) is 9.55. The van der Waals surface area contributed by atoms with E-state index in [1.165, 1.54) is 22.3 Å². The summed E-state index contributed by atoms with van der Waals surface area (Å²) in [5, 5.41) is 10.2. The molecule has 5 aromatic carbocycles. The minimum atomic E-state index is -0.951. The molecule has 0 aliphatic heterocycles. The van der Waals surface area contributed by atoms with E-state index in [4.69, 9.17) is 0 Å². The van der Waals surface area contributed by atoms with Crippen LogP contribution < -0.4 is 4.90 Å². The Kier molecular flexibility index (Phi) is 5.42. The molecule has 37 heavy (non-hydrogen) atoms. The standard InChI is InChI=1S/C34H27NO2/c1-34(2)28-19-9-6-16-25(28)26-18-12-22-31(32(26)34)35(30-21-11-8-17-27(30)33(36)37)29-20-10-7-15-24(29)23-13-4-3-5-14-23/h3-22H,1-2H3,(H,36,37). The van der Waals surface area contributed by atoms with Gasteiger partial charge in [-0.2, -0.15) is 0 Å². The van der Waals surface area contributed by atoms with Crippen molar-refractivity contribution in [3.8, 4) is 22.3 Å². The van der Waals surface area contributed by atoms with E-state index in [-0.39, 0.29) is 11.0 Å². The third-order valence-electron chi connectivity index (χ3n) is 7.40. The van der Waals surface area contributed by atoms with Crippen LogP contribution in [0.3, 0.4) is 0 Å². The van der Waals surface area contributed by atoms with Crippen molar-refractivity contribution in [2.45, 2.75) is 19.3 Å². The first-order chi connectivity index (χ1) is 18.0. The molecule has 5 aromatic rings. The van der Waals surface area contributed by atoms with Crippen LogP contribution in [0.5, 0.6) is 0 Å². The normalized spacial score (nSPS) is 13.0. The third-order valence-corrected chi connectivity index (χ3v) is 7.40. The van der Waals surface area contributed by atoms with E-state index in [1.54, 1.807) is 12.1 Å². The molecule has 0 aromatic heterocycles. The number of fused-ring (bicyclic) bond motifs is 3. The van der Waals surface area contributed by atoms with Gasteiger partial charge in [0.2, 0.25) is 0 Å². The maximum atomic E-state index is 12.5. The summed E-state index contributed by atoms with van der Waals surface area (Å²) >= 11 is 0. The number of carboxylic acid groups (broad SMARTS) is 1. The smallest absolute Gasteiger partial charge is 0.337 e. The van der Waals surface area contributed by atoms with Gasteiger partial charge in [0.05, 0.1) is 22.6 Å². The molecule has 0 saturated carbocycles. The third kappa shape index (κ3) is 3.63. The van der Waals surface area contributed by atoms with E-state index in [0.717, 1.165) is 22.5 Å². The van der Waals surface area contributed by atoms with Gasteiger partial charge in [0.15, 0.2) is 0 Å². The Balaban J connectivity index is 1.70. The summed E-state index contributed by atoms with van der Waals surface area (Å²) in [6.45, 7) is 4.51. The van der Waals surface area contributed by atoms with Crippen LogP contribution in [0.1, 0.15) is 35.3 Å². The Morgan fingerprint density at radius 2 is 1.16 bits per heavy atom. The summed E-state index contributed by atoms with van der Waals surface area (Å²) in [6.07, 6.45) is 0. The molecule has 0 spiro atoms. The first-order valence-corrected chi connectivity index (χ1v) is 12.5. The van der Waals surface area contributed by atoms with Crippen molar-refractivity contribution < 1.29 is 9.90 Å². The van der Waals surface area contributed by atoms with Gasteiger partial charge in [-0.05, 0) is 52.1 Å². The summed E-state index contributed by atoms with van der Waals surface area (Å²) in [5.74, 6) is -0.951. The molecule has 1 N–H and O–H groups in total. The fourth-order valence-corrected chi connectivity index (χ4v) is 5.77. The molecule has 6 rings (SSSR count). The second kappa shape index (κ2) is 8.79. The lowest BCUT2D eigenvalue weighted by Crippen LogP contribution is -2.22. The molecular formula is C34H27NO2. The zero-order chi connectivity index (χ0) is 25.6. The largest absolute Gasteiger partial charge is 0.478 e. The van der Waals surface area contributed by atoms with E-state index in [2.05, 4.69) is 85.5 Å². The number of rotatable bonds is 5. The van der Waals surface area contributed by atoms with Gasteiger partial charge in [-0.15, -0.1) is 0 Å². The van der Waals surface area contributed by atoms with Gasteiger partial charge in [0.1, 0.15) is 0 Å². The molecule has 0 atom stereocenters. The van der Waals surface area contributed by atoms with Crippen LogP contribution >= 0.6 is 0 Å². The lowest BCUT2D eigenvalue weighted by atomic mass is 9.81. The van der Waals surface area contributed by atoms with Crippen LogP contribution in [0, 0.1) is 0 Å². The van der Waals surface area contributed by atoms with Crippen molar-refractivity contribution in [2.75, 3.05) is 4.90 Å². The van der Waals surface area contributed by atoms with E-state index in [9.17, 15) is 9.90 Å². The summed E-state index contributed by atoms with van der Waals surface area (Å²) in [6, 6.07) is 40.7. The number of carbonyl (C=O) groups is 1. The molecule has 0 fully saturated rings. The molecule has 0 saturated heterocycles. The topological polar surface area (TPSA) is 40.5 Å². The Labute approximate surface area is 217 Å². The number of aromatic carboxylic acids is 1. The highest BCUT2D eigenvalue weighted by Gasteiger charge is 2.39. The van der Waals surface area contributed by atoms with Gasteiger partial charge >= 0.3 is 5.97 Å². The second-order valence-corrected chi connectivity index (χ2v) is 9.91. The van der Waals surface area contributed by atoms with Gasteiger partial charge < -0.3 is 10.0 Å². The van der Waals surface area contributed by atoms with E-state index >= 15 is 0 Å². The number of hydrogen-bond donors (Lipinski definition) is 1. The van der Waals surface area contributed by atoms with Gasteiger partial charge in [-0.1, -0.05) is 111 Å². The van der Waals surface area contributed by atoms with Gasteiger partial charge in [-0.25, -0.2) is 4.79 Å². The Morgan fingerprint density at radius 1 is 0.595 bits per heavy atom. The Morgan fingerprint density at radius 3 is 1.92 bits per heavy atom. The van der Waals surface area contributed by atoms with Crippen LogP contribution in [0.2, 0.25) is 0 Å². The molecule has 0 amide bonds.